The highest BCUT2D eigenvalue weighted by molar-refractivity contribution is 7.93. The first kappa shape index (κ1) is 20.5. The number of aryl methyl sites for hydroxylation is 1. The molecule has 31 heavy (non-hydrogen) atoms. The van der Waals surface area contributed by atoms with Gasteiger partial charge in [-0.2, -0.15) is 0 Å². The average Bonchev–Trinajstić information content (AvgIpc) is 3.49. The SMILES string of the molecule is Cc1cccc([N+](=O)[O-])c1S(=O)(=O)Nc1cccc(-n2c(O)c(O)n(C3CC3)c2=O)c1. The van der Waals surface area contributed by atoms with Gasteiger partial charge in [0.2, 0.25) is 0 Å². The van der Waals surface area contributed by atoms with E-state index in [9.17, 15) is 33.5 Å². The van der Waals surface area contributed by atoms with E-state index < -0.39 is 43.0 Å². The molecule has 1 aliphatic rings. The Morgan fingerprint density at radius 3 is 2.45 bits per heavy atom. The van der Waals surface area contributed by atoms with Crippen LogP contribution < -0.4 is 10.4 Å². The predicted octanol–water partition coefficient (Wildman–Crippen LogP) is 2.40. The largest absolute Gasteiger partial charge is 0.491 e. The molecule has 0 atom stereocenters. The monoisotopic (exact) mass is 446 g/mol. The van der Waals surface area contributed by atoms with Crippen LogP contribution in [0.5, 0.6) is 11.8 Å². The molecule has 11 nitrogen and oxygen atoms in total. The summed E-state index contributed by atoms with van der Waals surface area (Å²) in [6.07, 6.45) is 1.40. The van der Waals surface area contributed by atoms with E-state index in [-0.39, 0.29) is 23.0 Å². The molecule has 1 aromatic heterocycles. The molecule has 1 heterocycles. The van der Waals surface area contributed by atoms with E-state index in [2.05, 4.69) is 4.72 Å². The molecule has 12 heteroatoms. The molecule has 0 saturated heterocycles. The van der Waals surface area contributed by atoms with Crippen molar-refractivity contribution >= 4 is 21.4 Å². The minimum atomic E-state index is -4.34. The van der Waals surface area contributed by atoms with Crippen LogP contribution >= 0.6 is 0 Å². The molecule has 0 aliphatic heterocycles. The fraction of sp³-hybridized carbons (Fsp3) is 0.211. The zero-order valence-corrected chi connectivity index (χ0v) is 17.0. The van der Waals surface area contributed by atoms with Crippen molar-refractivity contribution in [2.45, 2.75) is 30.7 Å². The molecule has 0 spiro atoms. The Balaban J connectivity index is 1.76. The van der Waals surface area contributed by atoms with Gasteiger partial charge in [-0.05, 0) is 43.5 Å². The number of anilines is 1. The number of benzene rings is 2. The first-order chi connectivity index (χ1) is 14.6. The van der Waals surface area contributed by atoms with Crippen LogP contribution in [0.4, 0.5) is 11.4 Å². The summed E-state index contributed by atoms with van der Waals surface area (Å²) < 4.78 is 30.0. The number of sulfonamides is 1. The number of hydrogen-bond acceptors (Lipinski definition) is 7. The maximum Gasteiger partial charge on any atom is 0.338 e. The highest BCUT2D eigenvalue weighted by Crippen LogP contribution is 2.40. The number of nitrogens with zero attached hydrogens (tertiary/aromatic N) is 3. The Hall–Kier alpha value is -3.80. The Morgan fingerprint density at radius 1 is 1.13 bits per heavy atom. The summed E-state index contributed by atoms with van der Waals surface area (Å²) in [4.78, 5) is 22.7. The van der Waals surface area contributed by atoms with E-state index in [0.717, 1.165) is 15.2 Å². The van der Waals surface area contributed by atoms with Crippen molar-refractivity contribution in [3.05, 3.63) is 68.6 Å². The molecule has 0 amide bonds. The molecule has 0 unspecified atom stereocenters. The highest BCUT2D eigenvalue weighted by Gasteiger charge is 2.32. The second kappa shape index (κ2) is 7.16. The highest BCUT2D eigenvalue weighted by atomic mass is 32.2. The van der Waals surface area contributed by atoms with Crippen LogP contribution in [0.3, 0.4) is 0 Å². The van der Waals surface area contributed by atoms with Gasteiger partial charge >= 0.3 is 5.69 Å². The second-order valence-corrected chi connectivity index (χ2v) is 8.82. The molecule has 1 fully saturated rings. The van der Waals surface area contributed by atoms with Gasteiger partial charge in [0.1, 0.15) is 0 Å². The molecular weight excluding hydrogens is 428 g/mol. The van der Waals surface area contributed by atoms with Crippen molar-refractivity contribution in [1.82, 2.24) is 9.13 Å². The summed E-state index contributed by atoms with van der Waals surface area (Å²) in [7, 11) is -4.34. The van der Waals surface area contributed by atoms with Gasteiger partial charge in [0, 0.05) is 12.1 Å². The normalized spacial score (nSPS) is 13.8. The average molecular weight is 446 g/mol. The van der Waals surface area contributed by atoms with Crippen LogP contribution in [0, 0.1) is 17.0 Å². The van der Waals surface area contributed by atoms with Crippen molar-refractivity contribution < 1.29 is 23.6 Å². The van der Waals surface area contributed by atoms with Crippen molar-refractivity contribution in [2.75, 3.05) is 4.72 Å². The molecule has 2 aromatic carbocycles. The number of imidazole rings is 1. The van der Waals surface area contributed by atoms with Gasteiger partial charge in [0.15, 0.2) is 4.90 Å². The van der Waals surface area contributed by atoms with Crippen LogP contribution in [0.2, 0.25) is 0 Å². The van der Waals surface area contributed by atoms with Crippen LogP contribution in [-0.2, 0) is 10.0 Å². The van der Waals surface area contributed by atoms with Crippen molar-refractivity contribution in [3.63, 3.8) is 0 Å². The number of aromatic nitrogens is 2. The minimum absolute atomic E-state index is 0.0139. The lowest BCUT2D eigenvalue weighted by molar-refractivity contribution is -0.387. The number of nitro benzene ring substituents is 1. The molecule has 3 N–H and O–H groups in total. The maximum absolute atomic E-state index is 12.9. The van der Waals surface area contributed by atoms with Gasteiger partial charge in [0.25, 0.3) is 27.5 Å². The van der Waals surface area contributed by atoms with Gasteiger partial charge < -0.3 is 10.2 Å². The third kappa shape index (κ3) is 3.50. The Labute approximate surface area is 176 Å². The van der Waals surface area contributed by atoms with Gasteiger partial charge in [-0.25, -0.2) is 17.8 Å². The number of nitrogens with one attached hydrogen (secondary N) is 1. The first-order valence-electron chi connectivity index (χ1n) is 9.24. The quantitative estimate of drug-likeness (QED) is 0.387. The van der Waals surface area contributed by atoms with E-state index in [1.54, 1.807) is 0 Å². The van der Waals surface area contributed by atoms with E-state index in [1.807, 2.05) is 0 Å². The zero-order valence-electron chi connectivity index (χ0n) is 16.2. The molecule has 3 aromatic rings. The van der Waals surface area contributed by atoms with Crippen molar-refractivity contribution in [3.8, 4) is 17.4 Å². The van der Waals surface area contributed by atoms with Gasteiger partial charge in [-0.3, -0.25) is 19.4 Å². The lowest BCUT2D eigenvalue weighted by atomic mass is 10.2. The van der Waals surface area contributed by atoms with E-state index >= 15 is 0 Å². The molecule has 4 rings (SSSR count). The topological polar surface area (TPSA) is 157 Å². The van der Waals surface area contributed by atoms with Crippen LogP contribution in [-0.4, -0.2) is 32.7 Å². The lowest BCUT2D eigenvalue weighted by Crippen LogP contribution is -2.22. The fourth-order valence-corrected chi connectivity index (χ4v) is 4.89. The summed E-state index contributed by atoms with van der Waals surface area (Å²) in [5.41, 5.74) is -0.911. The van der Waals surface area contributed by atoms with Crippen LogP contribution in [0.25, 0.3) is 5.69 Å². The Morgan fingerprint density at radius 2 is 1.81 bits per heavy atom. The molecule has 0 bridgehead atoms. The summed E-state index contributed by atoms with van der Waals surface area (Å²) in [5.74, 6) is -1.22. The number of rotatable bonds is 6. The number of hydrogen-bond donors (Lipinski definition) is 3. The molecule has 162 valence electrons. The smallest absolute Gasteiger partial charge is 0.338 e. The minimum Gasteiger partial charge on any atom is -0.491 e. The van der Waals surface area contributed by atoms with Crippen LogP contribution in [0.1, 0.15) is 24.4 Å². The summed E-state index contributed by atoms with van der Waals surface area (Å²) >= 11 is 0. The van der Waals surface area contributed by atoms with E-state index in [0.29, 0.717) is 12.8 Å². The molecule has 1 saturated carbocycles. The second-order valence-electron chi connectivity index (χ2n) is 7.20. The fourth-order valence-electron chi connectivity index (χ4n) is 3.44. The molecule has 0 radical (unpaired) electrons. The van der Waals surface area contributed by atoms with Crippen LogP contribution in [0.15, 0.2) is 52.2 Å². The third-order valence-corrected chi connectivity index (χ3v) is 6.54. The first-order valence-corrected chi connectivity index (χ1v) is 10.7. The zero-order chi connectivity index (χ0) is 22.5. The van der Waals surface area contributed by atoms with E-state index in [4.69, 9.17) is 0 Å². The summed E-state index contributed by atoms with van der Waals surface area (Å²) in [6.45, 7) is 1.44. The number of aromatic hydroxyl groups is 2. The summed E-state index contributed by atoms with van der Waals surface area (Å²) in [5, 5.41) is 31.7. The Kier molecular flexibility index (Phi) is 4.73. The molecular formula is C19H18N4O7S. The van der Waals surface area contributed by atoms with E-state index in [1.165, 1.54) is 43.3 Å². The standard InChI is InChI=1S/C19H18N4O7S/c1-11-4-2-7-15(23(27)28)16(11)31(29,30)20-12-5-3-6-14(10-12)22-18(25)17(24)21(19(22)26)13-8-9-13/h2-7,10,13,20,24-25H,8-9H2,1H3. The van der Waals surface area contributed by atoms with Gasteiger partial charge in [-0.1, -0.05) is 18.2 Å². The molecule has 1 aliphatic carbocycles. The Bertz CT molecular complexity index is 1370. The van der Waals surface area contributed by atoms with Gasteiger partial charge in [-0.15, -0.1) is 0 Å². The van der Waals surface area contributed by atoms with Gasteiger partial charge in [0.05, 0.1) is 16.3 Å². The van der Waals surface area contributed by atoms with Crippen molar-refractivity contribution in [2.24, 2.45) is 0 Å². The van der Waals surface area contributed by atoms with Crippen molar-refractivity contribution in [1.29, 1.82) is 0 Å². The number of nitro groups is 1. The summed E-state index contributed by atoms with van der Waals surface area (Å²) in [6, 6.07) is 9.30. The third-order valence-electron chi connectivity index (χ3n) is 4.96. The predicted molar refractivity (Wildman–Crippen MR) is 110 cm³/mol. The maximum atomic E-state index is 12.9. The lowest BCUT2D eigenvalue weighted by Gasteiger charge is -2.12.